The third-order valence-corrected chi connectivity index (χ3v) is 5.49. The Morgan fingerprint density at radius 3 is 2.64 bits per heavy atom. The first-order valence-electron chi connectivity index (χ1n) is 10.0. The maximum atomic E-state index is 13.9. The van der Waals surface area contributed by atoms with Crippen LogP contribution < -0.4 is 15.6 Å². The van der Waals surface area contributed by atoms with Gasteiger partial charge in [0.15, 0.2) is 0 Å². The van der Waals surface area contributed by atoms with Crippen LogP contribution in [0.2, 0.25) is 0 Å². The number of carbonyl (C=O) groups excluding carboxylic acids is 1. The predicted octanol–water partition coefficient (Wildman–Crippen LogP) is 3.58. The fourth-order valence-electron chi connectivity index (χ4n) is 3.08. The van der Waals surface area contributed by atoms with E-state index in [4.69, 9.17) is 4.74 Å². The fraction of sp³-hybridized carbons (Fsp3) is 0.261. The van der Waals surface area contributed by atoms with Gasteiger partial charge in [0, 0.05) is 23.7 Å². The number of nitrogens with one attached hydrogen (secondary N) is 1. The lowest BCUT2D eigenvalue weighted by atomic mass is 10.1. The molecule has 0 saturated heterocycles. The minimum atomic E-state index is -0.766. The number of nitrogens with zero attached hydrogens (tertiary/aromatic N) is 2. The Balaban J connectivity index is 1.93. The zero-order valence-corrected chi connectivity index (χ0v) is 19.7. The van der Waals surface area contributed by atoms with Crippen LogP contribution in [0.5, 0.6) is 5.88 Å². The van der Waals surface area contributed by atoms with Crippen molar-refractivity contribution in [3.8, 4) is 11.6 Å². The highest BCUT2D eigenvalue weighted by atomic mass is 79.9. The molecule has 0 aliphatic carbocycles. The number of hydrogen-bond donors (Lipinski definition) is 2. The average molecular weight is 522 g/mol. The molecule has 0 spiro atoms. The van der Waals surface area contributed by atoms with Crippen LogP contribution in [0.25, 0.3) is 5.69 Å². The van der Waals surface area contributed by atoms with Gasteiger partial charge in [-0.05, 0) is 66.5 Å². The Hall–Kier alpha value is -3.11. The van der Waals surface area contributed by atoms with Crippen molar-refractivity contribution >= 4 is 21.8 Å². The first-order valence-corrected chi connectivity index (χ1v) is 10.8. The van der Waals surface area contributed by atoms with Crippen molar-refractivity contribution in [3.05, 3.63) is 85.4 Å². The van der Waals surface area contributed by atoms with Gasteiger partial charge in [0.05, 0.1) is 11.8 Å². The number of rotatable bonds is 7. The van der Waals surface area contributed by atoms with E-state index in [2.05, 4.69) is 26.2 Å². The summed E-state index contributed by atoms with van der Waals surface area (Å²) in [6.07, 6.45) is -0.695. The molecule has 2 N–H and O–H groups in total. The fourth-order valence-corrected chi connectivity index (χ4v) is 3.46. The summed E-state index contributed by atoms with van der Waals surface area (Å²) in [4.78, 5) is 29.8. The van der Waals surface area contributed by atoms with E-state index in [0.717, 1.165) is 17.7 Å². The summed E-state index contributed by atoms with van der Waals surface area (Å²) in [5.74, 6) is -1.62. The van der Waals surface area contributed by atoms with Crippen molar-refractivity contribution in [2.24, 2.45) is 0 Å². The molecule has 0 bridgehead atoms. The smallest absolute Gasteiger partial charge is 0.276 e. The van der Waals surface area contributed by atoms with E-state index in [0.29, 0.717) is 11.3 Å². The highest BCUT2D eigenvalue weighted by molar-refractivity contribution is 9.10. The second-order valence-electron chi connectivity index (χ2n) is 7.50. The first kappa shape index (κ1) is 24.5. The maximum absolute atomic E-state index is 13.9. The first-order chi connectivity index (χ1) is 15.6. The van der Waals surface area contributed by atoms with Gasteiger partial charge in [-0.1, -0.05) is 6.07 Å². The lowest BCUT2D eigenvalue weighted by Gasteiger charge is -2.16. The summed E-state index contributed by atoms with van der Waals surface area (Å²) in [6, 6.07) is 7.99. The van der Waals surface area contributed by atoms with Crippen molar-refractivity contribution in [1.29, 1.82) is 0 Å². The molecule has 1 heterocycles. The van der Waals surface area contributed by atoms with Crippen molar-refractivity contribution < 1.29 is 23.4 Å². The van der Waals surface area contributed by atoms with Crippen LogP contribution in [0.1, 0.15) is 34.2 Å². The number of aliphatic hydroxyl groups is 1. The number of ether oxygens (including phenoxy) is 1. The highest BCUT2D eigenvalue weighted by Gasteiger charge is 2.18. The number of halogens is 3. The van der Waals surface area contributed by atoms with E-state index in [1.54, 1.807) is 39.0 Å². The summed E-state index contributed by atoms with van der Waals surface area (Å²) >= 11 is 3.20. The van der Waals surface area contributed by atoms with Crippen LogP contribution in [0, 0.1) is 25.5 Å². The Bertz CT molecular complexity index is 1260. The molecule has 7 nitrogen and oxygen atoms in total. The van der Waals surface area contributed by atoms with Gasteiger partial charge in [0.1, 0.15) is 28.5 Å². The van der Waals surface area contributed by atoms with Crippen LogP contribution in [0.15, 0.2) is 45.7 Å². The lowest BCUT2D eigenvalue weighted by molar-refractivity contribution is 0.0924. The van der Waals surface area contributed by atoms with Gasteiger partial charge < -0.3 is 15.2 Å². The van der Waals surface area contributed by atoms with E-state index in [-0.39, 0.29) is 34.9 Å². The molecular weight excluding hydrogens is 500 g/mol. The van der Waals surface area contributed by atoms with Crippen molar-refractivity contribution in [1.82, 2.24) is 14.9 Å². The Labute approximate surface area is 197 Å². The van der Waals surface area contributed by atoms with Gasteiger partial charge in [0.25, 0.3) is 11.5 Å². The molecule has 0 aliphatic heterocycles. The van der Waals surface area contributed by atoms with Crippen LogP contribution in [0.4, 0.5) is 8.78 Å². The molecule has 3 aromatic rings. The van der Waals surface area contributed by atoms with E-state index >= 15 is 0 Å². The molecule has 33 heavy (non-hydrogen) atoms. The maximum Gasteiger partial charge on any atom is 0.276 e. The molecule has 0 saturated carbocycles. The zero-order chi connectivity index (χ0) is 24.3. The molecule has 0 unspecified atom stereocenters. The quantitative estimate of drug-likeness (QED) is 0.495. The Morgan fingerprint density at radius 1 is 1.24 bits per heavy atom. The van der Waals surface area contributed by atoms with Gasteiger partial charge in [-0.3, -0.25) is 14.2 Å². The number of aliphatic hydroxyl groups excluding tert-OH is 1. The van der Waals surface area contributed by atoms with Gasteiger partial charge in [-0.15, -0.1) is 0 Å². The molecule has 174 valence electrons. The molecule has 10 heteroatoms. The summed E-state index contributed by atoms with van der Waals surface area (Å²) < 4.78 is 33.8. The topological polar surface area (TPSA) is 93.5 Å². The number of amides is 1. The number of benzene rings is 2. The average Bonchev–Trinajstić information content (AvgIpc) is 2.75. The van der Waals surface area contributed by atoms with Crippen molar-refractivity contribution in [3.63, 3.8) is 0 Å². The number of hydrogen-bond acceptors (Lipinski definition) is 5. The molecule has 3 rings (SSSR count). The highest BCUT2D eigenvalue weighted by Crippen LogP contribution is 2.24. The predicted molar refractivity (Wildman–Crippen MR) is 122 cm³/mol. The second-order valence-corrected chi connectivity index (χ2v) is 8.30. The zero-order valence-electron chi connectivity index (χ0n) is 18.2. The number of aromatic nitrogens is 2. The van der Waals surface area contributed by atoms with Crippen LogP contribution in [0.3, 0.4) is 0 Å². The molecule has 0 radical (unpaired) electrons. The summed E-state index contributed by atoms with van der Waals surface area (Å²) in [6.45, 7) is 4.78. The molecule has 2 aromatic carbocycles. The minimum absolute atomic E-state index is 0.0129. The molecule has 0 fully saturated rings. The van der Waals surface area contributed by atoms with E-state index in [9.17, 15) is 23.5 Å². The monoisotopic (exact) mass is 521 g/mol. The van der Waals surface area contributed by atoms with Crippen molar-refractivity contribution in [2.45, 2.75) is 33.5 Å². The summed E-state index contributed by atoms with van der Waals surface area (Å²) in [5, 5.41) is 12.0. The van der Waals surface area contributed by atoms with Crippen molar-refractivity contribution in [2.75, 3.05) is 6.54 Å². The van der Waals surface area contributed by atoms with Crippen LogP contribution >= 0.6 is 15.9 Å². The third-order valence-electron chi connectivity index (χ3n) is 4.82. The SMILES string of the molecule is Cc1ccc(C(=O)NC[C@@H](C)O)cc1-n1c(C)nc(OCc2ccc(F)cc2F)c(Br)c1=O. The summed E-state index contributed by atoms with van der Waals surface area (Å²) in [7, 11) is 0. The van der Waals surface area contributed by atoms with E-state index < -0.39 is 29.2 Å². The number of carbonyl (C=O) groups is 1. The van der Waals surface area contributed by atoms with Crippen LogP contribution in [-0.4, -0.2) is 33.2 Å². The van der Waals surface area contributed by atoms with Gasteiger partial charge in [-0.2, -0.15) is 4.98 Å². The van der Waals surface area contributed by atoms with E-state index in [1.165, 1.54) is 10.6 Å². The number of aryl methyl sites for hydroxylation is 2. The Kier molecular flexibility index (Phi) is 7.60. The minimum Gasteiger partial charge on any atom is -0.472 e. The summed E-state index contributed by atoms with van der Waals surface area (Å²) in [5.41, 5.74) is 1.11. The second kappa shape index (κ2) is 10.2. The lowest BCUT2D eigenvalue weighted by Crippen LogP contribution is -2.31. The Morgan fingerprint density at radius 2 is 1.97 bits per heavy atom. The molecular formula is C23H22BrF2N3O4. The molecule has 1 atom stereocenters. The van der Waals surface area contributed by atoms with Gasteiger partial charge in [-0.25, -0.2) is 8.78 Å². The molecule has 1 amide bonds. The van der Waals surface area contributed by atoms with Gasteiger partial charge >= 0.3 is 0 Å². The van der Waals surface area contributed by atoms with E-state index in [1.807, 2.05) is 0 Å². The standard InChI is InChI=1S/C23H22BrF2N3O4/c1-12-4-5-15(21(31)27-10-13(2)30)8-19(12)29-14(3)28-22(20(24)23(29)32)33-11-16-6-7-17(25)9-18(16)26/h4-9,13,30H,10-11H2,1-3H3,(H,27,31)/t13-/m1/s1. The normalized spacial score (nSPS) is 11.8. The van der Waals surface area contributed by atoms with Gasteiger partial charge in [0.2, 0.25) is 5.88 Å². The third kappa shape index (κ3) is 5.63. The molecule has 0 aliphatic rings. The van der Waals surface area contributed by atoms with Crippen LogP contribution in [-0.2, 0) is 6.61 Å². The molecule has 1 aromatic heterocycles. The largest absolute Gasteiger partial charge is 0.472 e.